The van der Waals surface area contributed by atoms with Crippen LogP contribution in [0.5, 0.6) is 0 Å². The van der Waals surface area contributed by atoms with E-state index in [2.05, 4.69) is 60.4 Å². The number of benzene rings is 2. The average molecular weight is 356 g/mol. The minimum atomic E-state index is -0.312. The SMILES string of the molecule is CC1CC[NH+](C[C@@H](O)CN2c3ccccc3Sc3ccccc32)CC1. The zero-order valence-corrected chi connectivity index (χ0v) is 15.6. The fourth-order valence-corrected chi connectivity index (χ4v) is 5.06. The van der Waals surface area contributed by atoms with E-state index in [1.54, 1.807) is 4.90 Å². The van der Waals surface area contributed by atoms with Crippen molar-refractivity contribution < 1.29 is 10.0 Å². The van der Waals surface area contributed by atoms with Gasteiger partial charge in [0.15, 0.2) is 0 Å². The van der Waals surface area contributed by atoms with Gasteiger partial charge in [-0.15, -0.1) is 0 Å². The number of nitrogens with zero attached hydrogens (tertiary/aromatic N) is 1. The van der Waals surface area contributed by atoms with E-state index in [4.69, 9.17) is 0 Å². The van der Waals surface area contributed by atoms with Gasteiger partial charge >= 0.3 is 0 Å². The molecular formula is C21H27N2OS+. The normalized spacial score (nSPS) is 23.7. The van der Waals surface area contributed by atoms with Crippen molar-refractivity contribution in [2.45, 2.75) is 35.7 Å². The Morgan fingerprint density at radius 2 is 1.60 bits per heavy atom. The third-order valence-corrected chi connectivity index (χ3v) is 6.56. The first-order valence-electron chi connectivity index (χ1n) is 9.36. The number of para-hydroxylation sites is 2. The molecule has 132 valence electrons. The predicted octanol–water partition coefficient (Wildman–Crippen LogP) is 2.97. The Balaban J connectivity index is 1.51. The lowest BCUT2D eigenvalue weighted by molar-refractivity contribution is -0.909. The summed E-state index contributed by atoms with van der Waals surface area (Å²) in [5, 5.41) is 10.8. The molecule has 0 radical (unpaired) electrons. The lowest BCUT2D eigenvalue weighted by Gasteiger charge is -2.35. The van der Waals surface area contributed by atoms with Crippen LogP contribution in [0.1, 0.15) is 19.8 Å². The molecule has 4 heteroatoms. The smallest absolute Gasteiger partial charge is 0.121 e. The molecule has 0 aliphatic carbocycles. The molecule has 0 aromatic heterocycles. The van der Waals surface area contributed by atoms with Gasteiger partial charge in [0.25, 0.3) is 0 Å². The maximum Gasteiger partial charge on any atom is 0.121 e. The van der Waals surface area contributed by atoms with Crippen molar-refractivity contribution >= 4 is 23.1 Å². The van der Waals surface area contributed by atoms with Gasteiger partial charge in [-0.05, 0) is 43.0 Å². The van der Waals surface area contributed by atoms with E-state index in [1.165, 1.54) is 47.1 Å². The fraction of sp³-hybridized carbons (Fsp3) is 0.429. The highest BCUT2D eigenvalue weighted by atomic mass is 32.2. The average Bonchev–Trinajstić information content (AvgIpc) is 2.63. The molecule has 0 amide bonds. The second-order valence-corrected chi connectivity index (χ2v) is 8.52. The standard InChI is InChI=1S/C21H26N2OS/c1-16-10-12-22(13-11-16)14-17(24)15-23-18-6-2-4-8-20(18)25-21-9-5-3-7-19(21)23/h2-9,16-17,24H,10-15H2,1H3/p+1/t17-/m1/s1. The zero-order valence-electron chi connectivity index (χ0n) is 14.8. The summed E-state index contributed by atoms with van der Waals surface area (Å²) in [6, 6.07) is 17.0. The molecule has 3 nitrogen and oxygen atoms in total. The van der Waals surface area contributed by atoms with Gasteiger partial charge < -0.3 is 14.9 Å². The van der Waals surface area contributed by atoms with Crippen LogP contribution in [0, 0.1) is 5.92 Å². The second kappa shape index (κ2) is 7.40. The molecule has 2 aromatic rings. The summed E-state index contributed by atoms with van der Waals surface area (Å²) in [7, 11) is 0. The topological polar surface area (TPSA) is 27.9 Å². The molecular weight excluding hydrogens is 328 g/mol. The third-order valence-electron chi connectivity index (χ3n) is 5.43. The minimum absolute atomic E-state index is 0.312. The van der Waals surface area contributed by atoms with Crippen LogP contribution < -0.4 is 9.80 Å². The largest absolute Gasteiger partial charge is 0.385 e. The molecule has 0 bridgehead atoms. The number of rotatable bonds is 4. The lowest BCUT2D eigenvalue weighted by Crippen LogP contribution is -3.14. The molecule has 4 rings (SSSR count). The van der Waals surface area contributed by atoms with Gasteiger partial charge in [0.05, 0.1) is 31.0 Å². The highest BCUT2D eigenvalue weighted by Gasteiger charge is 2.27. The number of aliphatic hydroxyl groups is 1. The molecule has 1 saturated heterocycles. The van der Waals surface area contributed by atoms with Crippen molar-refractivity contribution in [3.05, 3.63) is 48.5 Å². The van der Waals surface area contributed by atoms with E-state index >= 15 is 0 Å². The van der Waals surface area contributed by atoms with Crippen molar-refractivity contribution in [1.29, 1.82) is 0 Å². The first kappa shape index (κ1) is 17.0. The Bertz CT molecular complexity index is 682. The molecule has 1 atom stereocenters. The van der Waals surface area contributed by atoms with Crippen LogP contribution in [0.3, 0.4) is 0 Å². The predicted molar refractivity (Wildman–Crippen MR) is 104 cm³/mol. The maximum atomic E-state index is 10.8. The maximum absolute atomic E-state index is 10.8. The number of fused-ring (bicyclic) bond motifs is 2. The summed E-state index contributed by atoms with van der Waals surface area (Å²) in [5.74, 6) is 0.846. The van der Waals surface area contributed by atoms with Crippen LogP contribution in [0.4, 0.5) is 11.4 Å². The Morgan fingerprint density at radius 3 is 2.20 bits per heavy atom. The minimum Gasteiger partial charge on any atom is -0.385 e. The van der Waals surface area contributed by atoms with Crippen LogP contribution in [-0.4, -0.2) is 37.4 Å². The van der Waals surface area contributed by atoms with Crippen LogP contribution in [-0.2, 0) is 0 Å². The van der Waals surface area contributed by atoms with Gasteiger partial charge in [-0.3, -0.25) is 0 Å². The van der Waals surface area contributed by atoms with E-state index in [-0.39, 0.29) is 6.10 Å². The lowest BCUT2D eigenvalue weighted by atomic mass is 9.99. The number of likely N-dealkylation sites (tertiary alicyclic amines) is 1. The van der Waals surface area contributed by atoms with E-state index in [0.717, 1.165) is 12.5 Å². The van der Waals surface area contributed by atoms with Crippen molar-refractivity contribution in [2.24, 2.45) is 5.92 Å². The van der Waals surface area contributed by atoms with Gasteiger partial charge in [0.2, 0.25) is 0 Å². The Labute approximate surface area is 154 Å². The van der Waals surface area contributed by atoms with Crippen molar-refractivity contribution in [2.75, 3.05) is 31.1 Å². The molecule has 2 aliphatic heterocycles. The summed E-state index contributed by atoms with van der Waals surface area (Å²) < 4.78 is 0. The molecule has 2 N–H and O–H groups in total. The van der Waals surface area contributed by atoms with Crippen molar-refractivity contribution in [1.82, 2.24) is 0 Å². The van der Waals surface area contributed by atoms with E-state index in [1.807, 2.05) is 11.8 Å². The van der Waals surface area contributed by atoms with Crippen LogP contribution >= 0.6 is 11.8 Å². The van der Waals surface area contributed by atoms with E-state index in [0.29, 0.717) is 6.54 Å². The molecule has 0 saturated carbocycles. The van der Waals surface area contributed by atoms with Crippen LogP contribution in [0.25, 0.3) is 0 Å². The highest BCUT2D eigenvalue weighted by molar-refractivity contribution is 7.99. The Kier molecular flexibility index (Phi) is 5.02. The molecule has 2 aromatic carbocycles. The number of hydrogen-bond acceptors (Lipinski definition) is 3. The van der Waals surface area contributed by atoms with Gasteiger partial charge in [-0.2, -0.15) is 0 Å². The number of quaternary nitrogens is 1. The first-order chi connectivity index (χ1) is 12.2. The Morgan fingerprint density at radius 1 is 1.04 bits per heavy atom. The number of piperidine rings is 1. The van der Waals surface area contributed by atoms with Crippen LogP contribution in [0.2, 0.25) is 0 Å². The zero-order chi connectivity index (χ0) is 17.2. The third kappa shape index (κ3) is 3.71. The van der Waals surface area contributed by atoms with Crippen molar-refractivity contribution in [3.8, 4) is 0 Å². The van der Waals surface area contributed by atoms with Crippen molar-refractivity contribution in [3.63, 3.8) is 0 Å². The molecule has 1 fully saturated rings. The summed E-state index contributed by atoms with van der Waals surface area (Å²) in [6.45, 7) is 6.24. The summed E-state index contributed by atoms with van der Waals surface area (Å²) in [5.41, 5.74) is 2.43. The van der Waals surface area contributed by atoms with Gasteiger partial charge in [-0.25, -0.2) is 0 Å². The number of β-amino-alcohol motifs (C(OH)–C–C–N with tert-alkyl or cyclic N) is 1. The highest BCUT2D eigenvalue weighted by Crippen LogP contribution is 2.47. The second-order valence-electron chi connectivity index (χ2n) is 7.44. The monoisotopic (exact) mass is 355 g/mol. The molecule has 25 heavy (non-hydrogen) atoms. The van der Waals surface area contributed by atoms with E-state index < -0.39 is 0 Å². The van der Waals surface area contributed by atoms with Gasteiger partial charge in [-0.1, -0.05) is 43.0 Å². The Hall–Kier alpha value is -1.49. The van der Waals surface area contributed by atoms with Crippen LogP contribution in [0.15, 0.2) is 58.3 Å². The molecule has 0 unspecified atom stereocenters. The molecule has 0 spiro atoms. The summed E-state index contributed by atoms with van der Waals surface area (Å²) >= 11 is 1.82. The first-order valence-corrected chi connectivity index (χ1v) is 10.2. The van der Waals surface area contributed by atoms with E-state index in [9.17, 15) is 5.11 Å². The van der Waals surface area contributed by atoms with Gasteiger partial charge in [0.1, 0.15) is 12.6 Å². The van der Waals surface area contributed by atoms with Gasteiger partial charge in [0, 0.05) is 9.79 Å². The molecule has 2 aliphatic rings. The quantitative estimate of drug-likeness (QED) is 0.883. The summed E-state index contributed by atoms with van der Waals surface area (Å²) in [4.78, 5) is 6.40. The fourth-order valence-electron chi connectivity index (χ4n) is 3.96. The molecule has 2 heterocycles. The number of nitrogens with one attached hydrogen (secondary N) is 1. The number of hydrogen-bond donors (Lipinski definition) is 2. The summed E-state index contributed by atoms with van der Waals surface area (Å²) in [6.07, 6.45) is 2.26. The number of anilines is 2. The number of aliphatic hydroxyl groups excluding tert-OH is 1.